The standard InChI is InChI=1S/C13H29N3O2S/c1-13(2,3)19(17,18)12-11-16-9-7-15(8-10-16)6-4-5-14/h4-12,14H2,1-3H3. The minimum Gasteiger partial charge on any atom is -0.330 e. The first-order valence-electron chi connectivity index (χ1n) is 7.13. The summed E-state index contributed by atoms with van der Waals surface area (Å²) in [5.74, 6) is 0.263. The summed E-state index contributed by atoms with van der Waals surface area (Å²) in [6, 6.07) is 0. The van der Waals surface area contributed by atoms with E-state index in [0.29, 0.717) is 6.54 Å². The van der Waals surface area contributed by atoms with Crippen LogP contribution < -0.4 is 5.73 Å². The van der Waals surface area contributed by atoms with Crippen molar-refractivity contribution >= 4 is 9.84 Å². The highest BCUT2D eigenvalue weighted by Gasteiger charge is 2.29. The van der Waals surface area contributed by atoms with E-state index in [0.717, 1.165) is 45.7 Å². The number of hydrogen-bond acceptors (Lipinski definition) is 5. The van der Waals surface area contributed by atoms with Gasteiger partial charge in [-0.2, -0.15) is 0 Å². The molecule has 0 amide bonds. The third kappa shape index (κ3) is 5.38. The van der Waals surface area contributed by atoms with E-state index in [1.54, 1.807) is 20.8 Å². The zero-order valence-electron chi connectivity index (χ0n) is 12.6. The van der Waals surface area contributed by atoms with E-state index in [4.69, 9.17) is 5.73 Å². The molecule has 0 atom stereocenters. The second kappa shape index (κ2) is 7.02. The third-order valence-electron chi connectivity index (χ3n) is 3.75. The van der Waals surface area contributed by atoms with Crippen LogP contribution in [-0.4, -0.2) is 74.5 Å². The summed E-state index contributed by atoms with van der Waals surface area (Å²) < 4.78 is 23.5. The zero-order chi connectivity index (χ0) is 14.5. The highest BCUT2D eigenvalue weighted by atomic mass is 32.2. The molecule has 1 aliphatic heterocycles. The van der Waals surface area contributed by atoms with Gasteiger partial charge >= 0.3 is 0 Å². The molecule has 0 unspecified atom stereocenters. The molecule has 5 nitrogen and oxygen atoms in total. The van der Waals surface area contributed by atoms with Crippen LogP contribution in [0.3, 0.4) is 0 Å². The number of nitrogens with zero attached hydrogens (tertiary/aromatic N) is 2. The smallest absolute Gasteiger partial charge is 0.156 e. The van der Waals surface area contributed by atoms with Gasteiger partial charge in [0.15, 0.2) is 9.84 Å². The van der Waals surface area contributed by atoms with Crippen LogP contribution in [0.15, 0.2) is 0 Å². The first-order chi connectivity index (χ1) is 8.76. The number of sulfone groups is 1. The van der Waals surface area contributed by atoms with Crippen LogP contribution in [0.5, 0.6) is 0 Å². The summed E-state index contributed by atoms with van der Waals surface area (Å²) in [5, 5.41) is 0. The molecule has 0 aromatic carbocycles. The first kappa shape index (κ1) is 16.9. The maximum atomic E-state index is 12.0. The van der Waals surface area contributed by atoms with Gasteiger partial charge in [-0.25, -0.2) is 8.42 Å². The van der Waals surface area contributed by atoms with E-state index < -0.39 is 14.6 Å². The molecule has 0 aliphatic carbocycles. The van der Waals surface area contributed by atoms with Gasteiger partial charge in [0.2, 0.25) is 0 Å². The molecule has 1 fully saturated rings. The van der Waals surface area contributed by atoms with Gasteiger partial charge < -0.3 is 10.6 Å². The van der Waals surface area contributed by atoms with Gasteiger partial charge in [0.1, 0.15) is 0 Å². The van der Waals surface area contributed by atoms with E-state index in [-0.39, 0.29) is 5.75 Å². The van der Waals surface area contributed by atoms with E-state index in [1.165, 1.54) is 0 Å². The highest BCUT2D eigenvalue weighted by Crippen LogP contribution is 2.16. The monoisotopic (exact) mass is 291 g/mol. The Kier molecular flexibility index (Phi) is 6.23. The van der Waals surface area contributed by atoms with Crippen molar-refractivity contribution in [2.45, 2.75) is 31.9 Å². The summed E-state index contributed by atoms with van der Waals surface area (Å²) in [6.07, 6.45) is 1.04. The lowest BCUT2D eigenvalue weighted by atomic mass is 10.3. The molecular formula is C13H29N3O2S. The normalized spacial score (nSPS) is 19.8. The number of rotatable bonds is 6. The molecule has 114 valence electrons. The number of hydrogen-bond donors (Lipinski definition) is 1. The Morgan fingerprint density at radius 3 is 1.89 bits per heavy atom. The zero-order valence-corrected chi connectivity index (χ0v) is 13.4. The highest BCUT2D eigenvalue weighted by molar-refractivity contribution is 7.92. The average molecular weight is 291 g/mol. The summed E-state index contributed by atoms with van der Waals surface area (Å²) in [6.45, 7) is 11.7. The minimum absolute atomic E-state index is 0.263. The molecule has 1 saturated heterocycles. The van der Waals surface area contributed by atoms with Crippen LogP contribution >= 0.6 is 0 Å². The van der Waals surface area contributed by atoms with Crippen LogP contribution in [-0.2, 0) is 9.84 Å². The Morgan fingerprint density at radius 2 is 1.47 bits per heavy atom. The van der Waals surface area contributed by atoms with E-state index in [9.17, 15) is 8.42 Å². The molecule has 6 heteroatoms. The van der Waals surface area contributed by atoms with Gasteiger partial charge in [0, 0.05) is 32.7 Å². The summed E-state index contributed by atoms with van der Waals surface area (Å²) in [7, 11) is -3.00. The molecule has 1 aliphatic rings. The molecule has 0 spiro atoms. The lowest BCUT2D eigenvalue weighted by Gasteiger charge is -2.35. The Bertz CT molecular complexity index is 355. The average Bonchev–Trinajstić information content (AvgIpc) is 2.34. The summed E-state index contributed by atoms with van der Waals surface area (Å²) in [4.78, 5) is 4.66. The van der Waals surface area contributed by atoms with Crippen molar-refractivity contribution < 1.29 is 8.42 Å². The number of piperazine rings is 1. The SMILES string of the molecule is CC(C)(C)S(=O)(=O)CCN1CCN(CCCN)CC1. The van der Waals surface area contributed by atoms with Crippen molar-refractivity contribution in [1.29, 1.82) is 0 Å². The molecule has 1 rings (SSSR count). The fourth-order valence-corrected chi connectivity index (χ4v) is 3.22. The molecule has 0 radical (unpaired) electrons. The Morgan fingerprint density at radius 1 is 1.00 bits per heavy atom. The summed E-state index contributed by atoms with van der Waals surface area (Å²) in [5.41, 5.74) is 5.51. The predicted octanol–water partition coefficient (Wildman–Crippen LogP) is 0.166. The van der Waals surface area contributed by atoms with Crippen LogP contribution in [0, 0.1) is 0 Å². The van der Waals surface area contributed by atoms with Crippen LogP contribution in [0.2, 0.25) is 0 Å². The maximum Gasteiger partial charge on any atom is 0.156 e. The van der Waals surface area contributed by atoms with Crippen molar-refractivity contribution in [1.82, 2.24) is 9.80 Å². The van der Waals surface area contributed by atoms with Crippen LogP contribution in [0.1, 0.15) is 27.2 Å². The fraction of sp³-hybridized carbons (Fsp3) is 1.00. The van der Waals surface area contributed by atoms with Crippen molar-refractivity contribution in [2.75, 3.05) is 51.6 Å². The van der Waals surface area contributed by atoms with Gasteiger partial charge in [-0.05, 0) is 40.3 Å². The number of nitrogens with two attached hydrogens (primary N) is 1. The van der Waals surface area contributed by atoms with Gasteiger partial charge in [-0.1, -0.05) is 0 Å². The minimum atomic E-state index is -3.00. The first-order valence-corrected chi connectivity index (χ1v) is 8.78. The lowest BCUT2D eigenvalue weighted by Crippen LogP contribution is -2.48. The topological polar surface area (TPSA) is 66.6 Å². The molecule has 2 N–H and O–H groups in total. The molecule has 1 heterocycles. The van der Waals surface area contributed by atoms with E-state index >= 15 is 0 Å². The molecule has 0 aromatic heterocycles. The van der Waals surface area contributed by atoms with Crippen molar-refractivity contribution in [3.8, 4) is 0 Å². The predicted molar refractivity (Wildman–Crippen MR) is 80.1 cm³/mol. The van der Waals surface area contributed by atoms with Gasteiger partial charge in [0.25, 0.3) is 0 Å². The molecule has 0 aromatic rings. The van der Waals surface area contributed by atoms with E-state index in [2.05, 4.69) is 9.80 Å². The van der Waals surface area contributed by atoms with Crippen molar-refractivity contribution in [2.24, 2.45) is 5.73 Å². The fourth-order valence-electron chi connectivity index (χ4n) is 2.11. The van der Waals surface area contributed by atoms with Crippen molar-refractivity contribution in [3.63, 3.8) is 0 Å². The molecule has 0 saturated carbocycles. The second-order valence-electron chi connectivity index (χ2n) is 6.26. The van der Waals surface area contributed by atoms with Crippen LogP contribution in [0.4, 0.5) is 0 Å². The van der Waals surface area contributed by atoms with Crippen molar-refractivity contribution in [3.05, 3.63) is 0 Å². The maximum absolute atomic E-state index is 12.0. The largest absolute Gasteiger partial charge is 0.330 e. The van der Waals surface area contributed by atoms with Crippen LogP contribution in [0.25, 0.3) is 0 Å². The van der Waals surface area contributed by atoms with Gasteiger partial charge in [-0.15, -0.1) is 0 Å². The second-order valence-corrected chi connectivity index (χ2v) is 9.12. The molecule has 19 heavy (non-hydrogen) atoms. The Labute approximate surface area is 118 Å². The third-order valence-corrected chi connectivity index (χ3v) is 6.34. The molecular weight excluding hydrogens is 262 g/mol. The lowest BCUT2D eigenvalue weighted by molar-refractivity contribution is 0.137. The Hall–Kier alpha value is -0.170. The van der Waals surface area contributed by atoms with Gasteiger partial charge in [-0.3, -0.25) is 4.90 Å². The quantitative estimate of drug-likeness (QED) is 0.755. The molecule has 0 bridgehead atoms. The van der Waals surface area contributed by atoms with E-state index in [1.807, 2.05) is 0 Å². The van der Waals surface area contributed by atoms with Gasteiger partial charge in [0.05, 0.1) is 10.5 Å². The Balaban J connectivity index is 2.31. The summed E-state index contributed by atoms with van der Waals surface area (Å²) >= 11 is 0.